The highest BCUT2D eigenvalue weighted by atomic mass is 32.1. The SMILES string of the molecule is C1=Cc2cc3ccc(cc4cc(-c5ccc(-c6cccs6)cc5)c(cc5nc(cc1n2)C=C5)[nH]4)[nH]3. The molecule has 0 radical (unpaired) electrons. The molecule has 35 heavy (non-hydrogen) atoms. The Kier molecular flexibility index (Phi) is 4.60. The highest BCUT2D eigenvalue weighted by Crippen LogP contribution is 2.31. The Hall–Kier alpha value is -4.48. The van der Waals surface area contributed by atoms with Gasteiger partial charge in [-0.05, 0) is 89.3 Å². The number of thiophene rings is 1. The third-order valence-electron chi connectivity index (χ3n) is 6.17. The fraction of sp³-hybridized carbons (Fsp3) is 0. The summed E-state index contributed by atoms with van der Waals surface area (Å²) in [5.41, 5.74) is 11.3. The second-order valence-corrected chi connectivity index (χ2v) is 9.59. The lowest BCUT2D eigenvalue weighted by Crippen LogP contribution is -1.79. The molecule has 2 aliphatic heterocycles. The van der Waals surface area contributed by atoms with Crippen LogP contribution >= 0.6 is 11.3 Å². The number of H-pyrrole nitrogens is 2. The number of nitrogens with one attached hydrogen (secondary N) is 2. The Bertz CT molecular complexity index is 1780. The van der Waals surface area contributed by atoms with Crippen LogP contribution in [0.15, 0.2) is 84.2 Å². The average Bonchev–Trinajstić information content (AvgIpc) is 3.68. The van der Waals surface area contributed by atoms with E-state index >= 15 is 0 Å². The molecule has 7 rings (SSSR count). The first kappa shape index (κ1) is 19.9. The first-order chi connectivity index (χ1) is 17.2. The molecule has 2 N–H and O–H groups in total. The van der Waals surface area contributed by atoms with E-state index in [1.54, 1.807) is 11.3 Å². The van der Waals surface area contributed by atoms with E-state index in [9.17, 15) is 0 Å². The second-order valence-electron chi connectivity index (χ2n) is 8.64. The van der Waals surface area contributed by atoms with Crippen LogP contribution < -0.4 is 0 Å². The van der Waals surface area contributed by atoms with Crippen LogP contribution in [0, 0.1) is 0 Å². The van der Waals surface area contributed by atoms with Gasteiger partial charge in [-0.25, -0.2) is 9.97 Å². The first-order valence-corrected chi connectivity index (χ1v) is 12.4. The van der Waals surface area contributed by atoms with Gasteiger partial charge >= 0.3 is 0 Å². The van der Waals surface area contributed by atoms with Gasteiger partial charge in [-0.15, -0.1) is 11.3 Å². The van der Waals surface area contributed by atoms with Crippen molar-refractivity contribution in [2.75, 3.05) is 0 Å². The molecular weight excluding hydrogens is 448 g/mol. The van der Waals surface area contributed by atoms with Crippen molar-refractivity contribution >= 4 is 57.7 Å². The maximum absolute atomic E-state index is 4.80. The van der Waals surface area contributed by atoms with Crippen LogP contribution in [0.2, 0.25) is 0 Å². The summed E-state index contributed by atoms with van der Waals surface area (Å²) in [4.78, 5) is 17.9. The lowest BCUT2D eigenvalue weighted by Gasteiger charge is -2.02. The van der Waals surface area contributed by atoms with Crippen molar-refractivity contribution in [1.82, 2.24) is 19.9 Å². The minimum absolute atomic E-state index is 0.898. The summed E-state index contributed by atoms with van der Waals surface area (Å²) in [5, 5.41) is 2.11. The van der Waals surface area contributed by atoms with E-state index in [4.69, 9.17) is 9.97 Å². The van der Waals surface area contributed by atoms with Gasteiger partial charge < -0.3 is 9.97 Å². The van der Waals surface area contributed by atoms with Crippen molar-refractivity contribution in [3.05, 3.63) is 107 Å². The first-order valence-electron chi connectivity index (χ1n) is 11.5. The molecule has 2 aliphatic rings. The summed E-state index contributed by atoms with van der Waals surface area (Å²) >= 11 is 1.76. The van der Waals surface area contributed by atoms with Gasteiger partial charge in [-0.3, -0.25) is 0 Å². The Morgan fingerprint density at radius 1 is 0.543 bits per heavy atom. The Morgan fingerprint density at radius 3 is 1.91 bits per heavy atom. The van der Waals surface area contributed by atoms with Crippen molar-refractivity contribution in [2.45, 2.75) is 0 Å². The maximum atomic E-state index is 4.80. The van der Waals surface area contributed by atoms with E-state index in [-0.39, 0.29) is 0 Å². The van der Waals surface area contributed by atoms with Crippen LogP contribution in [0.25, 0.3) is 67.9 Å². The molecular formula is C30H20N4S. The zero-order valence-electron chi connectivity index (χ0n) is 18.7. The van der Waals surface area contributed by atoms with E-state index in [0.717, 1.165) is 56.0 Å². The highest BCUT2D eigenvalue weighted by Gasteiger charge is 2.08. The molecule has 4 aromatic heterocycles. The van der Waals surface area contributed by atoms with Crippen molar-refractivity contribution in [1.29, 1.82) is 0 Å². The molecule has 4 nitrogen and oxygen atoms in total. The van der Waals surface area contributed by atoms with Gasteiger partial charge in [0, 0.05) is 32.5 Å². The third-order valence-corrected chi connectivity index (χ3v) is 7.09. The minimum atomic E-state index is 0.898. The Morgan fingerprint density at radius 2 is 1.20 bits per heavy atom. The van der Waals surface area contributed by atoms with Gasteiger partial charge in [-0.2, -0.15) is 0 Å². The number of hydrogen-bond acceptors (Lipinski definition) is 3. The predicted octanol–water partition coefficient (Wildman–Crippen LogP) is 8.05. The van der Waals surface area contributed by atoms with E-state index < -0.39 is 0 Å². The summed E-state index contributed by atoms with van der Waals surface area (Å²) in [6, 6.07) is 27.7. The average molecular weight is 469 g/mol. The fourth-order valence-electron chi connectivity index (χ4n) is 4.51. The van der Waals surface area contributed by atoms with Gasteiger partial charge in [0.2, 0.25) is 0 Å². The van der Waals surface area contributed by atoms with Crippen molar-refractivity contribution in [3.63, 3.8) is 0 Å². The Labute approximate surface area is 206 Å². The van der Waals surface area contributed by atoms with Crippen LogP contribution in [-0.4, -0.2) is 19.9 Å². The number of aromatic nitrogens is 4. The molecule has 0 saturated carbocycles. The van der Waals surface area contributed by atoms with Crippen LogP contribution in [-0.2, 0) is 0 Å². The van der Waals surface area contributed by atoms with E-state index in [2.05, 4.69) is 88.1 Å². The minimum Gasteiger partial charge on any atom is -0.355 e. The van der Waals surface area contributed by atoms with Crippen LogP contribution in [0.1, 0.15) is 22.8 Å². The molecule has 0 fully saturated rings. The molecule has 0 spiro atoms. The summed E-state index contributed by atoms with van der Waals surface area (Å²) < 4.78 is 0. The quantitative estimate of drug-likeness (QED) is 0.270. The zero-order chi connectivity index (χ0) is 23.2. The van der Waals surface area contributed by atoms with E-state index in [1.807, 2.05) is 30.4 Å². The molecule has 0 saturated heterocycles. The van der Waals surface area contributed by atoms with Gasteiger partial charge in [0.05, 0.1) is 22.8 Å². The predicted molar refractivity (Wildman–Crippen MR) is 148 cm³/mol. The molecule has 0 atom stereocenters. The summed E-state index contributed by atoms with van der Waals surface area (Å²) in [5.74, 6) is 0. The number of aromatic amines is 2. The van der Waals surface area contributed by atoms with E-state index in [1.165, 1.54) is 10.4 Å². The molecule has 0 unspecified atom stereocenters. The van der Waals surface area contributed by atoms with Gasteiger partial charge in [0.25, 0.3) is 0 Å². The molecule has 5 heteroatoms. The number of rotatable bonds is 2. The monoisotopic (exact) mass is 468 g/mol. The molecule has 0 amide bonds. The van der Waals surface area contributed by atoms with Crippen LogP contribution in [0.5, 0.6) is 0 Å². The maximum Gasteiger partial charge on any atom is 0.0659 e. The van der Waals surface area contributed by atoms with Gasteiger partial charge in [0.1, 0.15) is 0 Å². The standard InChI is InChI=1S/C30H20N4S/c1-2-30(35-13-1)20-5-3-19(4-6-20)28-17-27-16-25-10-9-23(32-25)14-21-7-8-22(31-21)15-24-11-12-26(33-24)18-29(28)34-27/h1-18,32,34H. The molecule has 0 aliphatic carbocycles. The number of hydrogen-bond donors (Lipinski definition) is 2. The second kappa shape index (κ2) is 8.08. The summed E-state index contributed by atoms with van der Waals surface area (Å²) in [6.45, 7) is 0. The van der Waals surface area contributed by atoms with Crippen molar-refractivity contribution in [3.8, 4) is 21.6 Å². The summed E-state index contributed by atoms with van der Waals surface area (Å²) in [7, 11) is 0. The largest absolute Gasteiger partial charge is 0.355 e. The lowest BCUT2D eigenvalue weighted by molar-refractivity contribution is 1.28. The molecule has 166 valence electrons. The summed E-state index contributed by atoms with van der Waals surface area (Å²) in [6.07, 6.45) is 8.12. The number of nitrogens with zero attached hydrogens (tertiary/aromatic N) is 2. The molecule has 1 aromatic carbocycles. The number of benzene rings is 1. The Balaban J connectivity index is 1.45. The zero-order valence-corrected chi connectivity index (χ0v) is 19.5. The van der Waals surface area contributed by atoms with Crippen LogP contribution in [0.3, 0.4) is 0 Å². The van der Waals surface area contributed by atoms with Crippen LogP contribution in [0.4, 0.5) is 0 Å². The van der Waals surface area contributed by atoms with E-state index in [0.29, 0.717) is 0 Å². The topological polar surface area (TPSA) is 57.4 Å². The van der Waals surface area contributed by atoms with Gasteiger partial charge in [-0.1, -0.05) is 30.3 Å². The van der Waals surface area contributed by atoms with Gasteiger partial charge in [0.15, 0.2) is 0 Å². The number of fused-ring (bicyclic) bond motifs is 8. The molecule has 6 heterocycles. The highest BCUT2D eigenvalue weighted by molar-refractivity contribution is 7.13. The smallest absolute Gasteiger partial charge is 0.0659 e. The normalized spacial score (nSPS) is 12.3. The fourth-order valence-corrected chi connectivity index (χ4v) is 5.25. The van der Waals surface area contributed by atoms with Crippen molar-refractivity contribution < 1.29 is 0 Å². The lowest BCUT2D eigenvalue weighted by atomic mass is 10.0. The third kappa shape index (κ3) is 3.92. The van der Waals surface area contributed by atoms with Crippen molar-refractivity contribution in [2.24, 2.45) is 0 Å². The molecule has 5 aromatic rings. The molecule has 8 bridgehead atoms.